The summed E-state index contributed by atoms with van der Waals surface area (Å²) in [5, 5.41) is 0.622. The van der Waals surface area contributed by atoms with Gasteiger partial charge in [-0.2, -0.15) is 0 Å². The first-order chi connectivity index (χ1) is 5.77. The average Bonchev–Trinajstić information content (AvgIpc) is 2.58. The van der Waals surface area contributed by atoms with E-state index in [4.69, 9.17) is 5.73 Å². The normalized spacial score (nSPS) is 10.4. The van der Waals surface area contributed by atoms with Crippen molar-refractivity contribution in [2.45, 2.75) is 6.92 Å². The molecule has 12 heavy (non-hydrogen) atoms. The minimum absolute atomic E-state index is 0.622. The van der Waals surface area contributed by atoms with Crippen LogP contribution in [0.25, 0.3) is 11.4 Å². The molecule has 0 unspecified atom stereocenters. The van der Waals surface area contributed by atoms with Gasteiger partial charge in [0.25, 0.3) is 0 Å². The molecule has 0 atom stereocenters. The second kappa shape index (κ2) is 2.64. The number of hydrogen-bond donors (Lipinski definition) is 2. The predicted molar refractivity (Wildman–Crippen MR) is 51.1 cm³/mol. The van der Waals surface area contributed by atoms with Gasteiger partial charge in [0.1, 0.15) is 5.69 Å². The summed E-state index contributed by atoms with van der Waals surface area (Å²) in [5.74, 6) is 0. The van der Waals surface area contributed by atoms with Crippen LogP contribution >= 0.6 is 11.3 Å². The molecular weight excluding hydrogens is 170 g/mol. The maximum absolute atomic E-state index is 5.58. The summed E-state index contributed by atoms with van der Waals surface area (Å²) in [5.41, 5.74) is 7.57. The molecule has 0 aliphatic rings. The second-order valence-electron chi connectivity index (χ2n) is 2.54. The number of nitrogens with one attached hydrogen (secondary N) is 1. The first kappa shape index (κ1) is 7.36. The molecule has 0 saturated heterocycles. The van der Waals surface area contributed by atoms with Gasteiger partial charge in [-0.3, -0.25) is 0 Å². The Morgan fingerprint density at radius 3 is 2.92 bits per heavy atom. The minimum Gasteiger partial charge on any atom is -0.375 e. The summed E-state index contributed by atoms with van der Waals surface area (Å²) in [6.45, 7) is 2.02. The maximum Gasteiger partial charge on any atom is 0.180 e. The molecule has 2 rings (SSSR count). The topological polar surface area (TPSA) is 54.7 Å². The van der Waals surface area contributed by atoms with Crippen molar-refractivity contribution in [3.05, 3.63) is 23.2 Å². The number of aromatic nitrogens is 2. The van der Waals surface area contributed by atoms with E-state index in [9.17, 15) is 0 Å². The SMILES string of the molecule is Cc1sc(N)nc1-c1ccc[nH]1. The Balaban J connectivity index is 2.54. The number of thiazole rings is 1. The van der Waals surface area contributed by atoms with Gasteiger partial charge in [-0.05, 0) is 19.1 Å². The first-order valence-electron chi connectivity index (χ1n) is 3.64. The standard InChI is InChI=1S/C8H9N3S/c1-5-7(11-8(9)12-5)6-3-2-4-10-6/h2-4,10H,1H3,(H2,9,11). The van der Waals surface area contributed by atoms with E-state index < -0.39 is 0 Å². The molecular formula is C8H9N3S. The molecule has 3 nitrogen and oxygen atoms in total. The number of nitrogens with two attached hydrogens (primary N) is 1. The molecule has 2 aromatic heterocycles. The number of aromatic amines is 1. The minimum atomic E-state index is 0.622. The van der Waals surface area contributed by atoms with Gasteiger partial charge in [0.2, 0.25) is 0 Å². The monoisotopic (exact) mass is 179 g/mol. The molecule has 0 amide bonds. The van der Waals surface area contributed by atoms with Gasteiger partial charge in [-0.25, -0.2) is 4.98 Å². The number of rotatable bonds is 1. The Morgan fingerprint density at radius 2 is 2.42 bits per heavy atom. The molecule has 0 fully saturated rings. The average molecular weight is 179 g/mol. The lowest BCUT2D eigenvalue weighted by molar-refractivity contribution is 1.31. The van der Waals surface area contributed by atoms with Crippen LogP contribution in [0.15, 0.2) is 18.3 Å². The van der Waals surface area contributed by atoms with Crippen LogP contribution in [0.2, 0.25) is 0 Å². The summed E-state index contributed by atoms with van der Waals surface area (Å²) in [7, 11) is 0. The molecule has 0 radical (unpaired) electrons. The molecule has 2 aromatic rings. The highest BCUT2D eigenvalue weighted by Gasteiger charge is 2.07. The van der Waals surface area contributed by atoms with E-state index in [1.54, 1.807) is 0 Å². The number of nitrogens with zero attached hydrogens (tertiary/aromatic N) is 1. The van der Waals surface area contributed by atoms with Crippen molar-refractivity contribution >= 4 is 16.5 Å². The van der Waals surface area contributed by atoms with Gasteiger partial charge in [0.15, 0.2) is 5.13 Å². The molecule has 0 aromatic carbocycles. The molecule has 0 bridgehead atoms. The Hall–Kier alpha value is -1.29. The second-order valence-corrected chi connectivity index (χ2v) is 3.78. The third kappa shape index (κ3) is 1.10. The van der Waals surface area contributed by atoms with Crippen LogP contribution in [-0.2, 0) is 0 Å². The number of aryl methyl sites for hydroxylation is 1. The van der Waals surface area contributed by atoms with Gasteiger partial charge >= 0.3 is 0 Å². The number of nitrogen functional groups attached to an aromatic ring is 1. The van der Waals surface area contributed by atoms with E-state index in [1.165, 1.54) is 11.3 Å². The fourth-order valence-corrected chi connectivity index (χ4v) is 1.85. The number of anilines is 1. The Morgan fingerprint density at radius 1 is 1.58 bits per heavy atom. The highest BCUT2D eigenvalue weighted by atomic mass is 32.1. The van der Waals surface area contributed by atoms with Crippen LogP contribution in [-0.4, -0.2) is 9.97 Å². The van der Waals surface area contributed by atoms with E-state index in [0.29, 0.717) is 5.13 Å². The number of H-pyrrole nitrogens is 1. The molecule has 0 aliphatic heterocycles. The highest BCUT2D eigenvalue weighted by Crippen LogP contribution is 2.27. The Kier molecular flexibility index (Phi) is 1.62. The van der Waals surface area contributed by atoms with Crippen LogP contribution in [0, 0.1) is 6.92 Å². The molecule has 0 saturated carbocycles. The number of hydrogen-bond acceptors (Lipinski definition) is 3. The highest BCUT2D eigenvalue weighted by molar-refractivity contribution is 7.15. The fourth-order valence-electron chi connectivity index (χ4n) is 1.14. The zero-order valence-corrected chi connectivity index (χ0v) is 7.48. The molecule has 3 N–H and O–H groups in total. The third-order valence-corrected chi connectivity index (χ3v) is 2.47. The summed E-state index contributed by atoms with van der Waals surface area (Å²) in [6.07, 6.45) is 1.88. The van der Waals surface area contributed by atoms with Crippen molar-refractivity contribution in [1.82, 2.24) is 9.97 Å². The largest absolute Gasteiger partial charge is 0.375 e. The molecule has 62 valence electrons. The van der Waals surface area contributed by atoms with Crippen molar-refractivity contribution in [3.63, 3.8) is 0 Å². The molecule has 2 heterocycles. The Labute approximate surface area is 74.3 Å². The third-order valence-electron chi connectivity index (χ3n) is 1.67. The van der Waals surface area contributed by atoms with Gasteiger partial charge < -0.3 is 10.7 Å². The lowest BCUT2D eigenvalue weighted by atomic mass is 10.3. The zero-order valence-electron chi connectivity index (χ0n) is 6.66. The van der Waals surface area contributed by atoms with Crippen LogP contribution in [0.5, 0.6) is 0 Å². The molecule has 4 heteroatoms. The van der Waals surface area contributed by atoms with Gasteiger partial charge in [0, 0.05) is 11.1 Å². The van der Waals surface area contributed by atoms with E-state index >= 15 is 0 Å². The predicted octanol–water partition coefficient (Wildman–Crippen LogP) is 2.03. The summed E-state index contributed by atoms with van der Waals surface area (Å²) in [4.78, 5) is 8.46. The maximum atomic E-state index is 5.58. The van der Waals surface area contributed by atoms with Crippen molar-refractivity contribution in [2.75, 3.05) is 5.73 Å². The molecule has 0 aliphatic carbocycles. The van der Waals surface area contributed by atoms with E-state index in [2.05, 4.69) is 9.97 Å². The smallest absolute Gasteiger partial charge is 0.180 e. The van der Waals surface area contributed by atoms with Crippen LogP contribution in [0.3, 0.4) is 0 Å². The lowest BCUT2D eigenvalue weighted by Gasteiger charge is -1.91. The summed E-state index contributed by atoms with van der Waals surface area (Å²) in [6, 6.07) is 3.94. The van der Waals surface area contributed by atoms with Crippen molar-refractivity contribution in [3.8, 4) is 11.4 Å². The van der Waals surface area contributed by atoms with E-state index in [-0.39, 0.29) is 0 Å². The lowest BCUT2D eigenvalue weighted by Crippen LogP contribution is -1.83. The van der Waals surface area contributed by atoms with Crippen LogP contribution in [0.4, 0.5) is 5.13 Å². The van der Waals surface area contributed by atoms with Crippen LogP contribution in [0.1, 0.15) is 4.88 Å². The van der Waals surface area contributed by atoms with E-state index in [1.807, 2.05) is 25.3 Å². The van der Waals surface area contributed by atoms with Gasteiger partial charge in [-0.15, -0.1) is 11.3 Å². The van der Waals surface area contributed by atoms with Crippen molar-refractivity contribution < 1.29 is 0 Å². The fraction of sp³-hybridized carbons (Fsp3) is 0.125. The van der Waals surface area contributed by atoms with Crippen molar-refractivity contribution in [2.24, 2.45) is 0 Å². The first-order valence-corrected chi connectivity index (χ1v) is 4.45. The summed E-state index contributed by atoms with van der Waals surface area (Å²) < 4.78 is 0. The van der Waals surface area contributed by atoms with Crippen molar-refractivity contribution in [1.29, 1.82) is 0 Å². The van der Waals surface area contributed by atoms with E-state index in [0.717, 1.165) is 16.3 Å². The zero-order chi connectivity index (χ0) is 8.55. The molecule has 0 spiro atoms. The summed E-state index contributed by atoms with van der Waals surface area (Å²) >= 11 is 1.51. The van der Waals surface area contributed by atoms with Gasteiger partial charge in [0.05, 0.1) is 5.69 Å². The van der Waals surface area contributed by atoms with Crippen LogP contribution < -0.4 is 5.73 Å². The Bertz CT molecular complexity index is 375. The van der Waals surface area contributed by atoms with Gasteiger partial charge in [-0.1, -0.05) is 0 Å². The quantitative estimate of drug-likeness (QED) is 0.703.